The Morgan fingerprint density at radius 1 is 1.45 bits per heavy atom. The first-order valence-corrected chi connectivity index (χ1v) is 7.87. The number of hydrogen-bond donors (Lipinski definition) is 1. The van der Waals surface area contributed by atoms with Crippen molar-refractivity contribution >= 4 is 0 Å². The van der Waals surface area contributed by atoms with Crippen molar-refractivity contribution in [3.8, 4) is 0 Å². The SMILES string of the molecule is C=CC1=CC(C)C2C(=C1C1=CCNC1)CCN2C(C)C. The number of fused-ring (bicyclic) bond motifs is 1. The van der Waals surface area contributed by atoms with Crippen molar-refractivity contribution in [1.29, 1.82) is 0 Å². The normalized spacial score (nSPS) is 30.6. The molecule has 20 heavy (non-hydrogen) atoms. The van der Waals surface area contributed by atoms with Gasteiger partial charge in [0.25, 0.3) is 0 Å². The highest BCUT2D eigenvalue weighted by molar-refractivity contribution is 5.59. The summed E-state index contributed by atoms with van der Waals surface area (Å²) in [6, 6.07) is 1.21. The van der Waals surface area contributed by atoms with E-state index in [2.05, 4.69) is 49.7 Å². The number of likely N-dealkylation sites (tertiary alicyclic amines) is 1. The molecule has 108 valence electrons. The highest BCUT2D eigenvalue weighted by Crippen LogP contribution is 2.42. The van der Waals surface area contributed by atoms with Gasteiger partial charge in [-0.1, -0.05) is 31.7 Å². The molecule has 0 radical (unpaired) electrons. The minimum Gasteiger partial charge on any atom is -0.309 e. The van der Waals surface area contributed by atoms with E-state index < -0.39 is 0 Å². The third-order valence-corrected chi connectivity index (χ3v) is 4.92. The Morgan fingerprint density at radius 2 is 2.25 bits per heavy atom. The number of hydrogen-bond acceptors (Lipinski definition) is 2. The molecular weight excluding hydrogens is 244 g/mol. The Labute approximate surface area is 122 Å². The maximum absolute atomic E-state index is 4.05. The molecule has 0 amide bonds. The van der Waals surface area contributed by atoms with Crippen LogP contribution in [-0.4, -0.2) is 36.6 Å². The molecule has 1 fully saturated rings. The van der Waals surface area contributed by atoms with Crippen LogP contribution in [0.2, 0.25) is 0 Å². The van der Waals surface area contributed by atoms with Crippen molar-refractivity contribution in [2.45, 2.75) is 39.3 Å². The molecule has 1 saturated heterocycles. The molecule has 1 aliphatic carbocycles. The van der Waals surface area contributed by atoms with Gasteiger partial charge in [0.1, 0.15) is 0 Å². The van der Waals surface area contributed by atoms with Crippen LogP contribution in [0, 0.1) is 5.92 Å². The average molecular weight is 270 g/mol. The van der Waals surface area contributed by atoms with Crippen LogP contribution in [0.25, 0.3) is 0 Å². The Hall–Kier alpha value is -1.12. The summed E-state index contributed by atoms with van der Waals surface area (Å²) in [6.45, 7) is 14.2. The number of rotatable bonds is 3. The number of allylic oxidation sites excluding steroid dienone is 2. The van der Waals surface area contributed by atoms with E-state index in [1.165, 1.54) is 29.7 Å². The fourth-order valence-electron chi connectivity index (χ4n) is 4.08. The van der Waals surface area contributed by atoms with Crippen LogP contribution in [0.5, 0.6) is 0 Å². The fourth-order valence-corrected chi connectivity index (χ4v) is 4.08. The second-order valence-corrected chi connectivity index (χ2v) is 6.47. The molecule has 0 bridgehead atoms. The first-order chi connectivity index (χ1) is 9.63. The number of nitrogens with zero attached hydrogens (tertiary/aromatic N) is 1. The second kappa shape index (κ2) is 5.34. The molecule has 2 nitrogen and oxygen atoms in total. The van der Waals surface area contributed by atoms with E-state index in [4.69, 9.17) is 0 Å². The zero-order valence-electron chi connectivity index (χ0n) is 12.9. The van der Waals surface area contributed by atoms with Crippen molar-refractivity contribution in [3.05, 3.63) is 47.1 Å². The highest BCUT2D eigenvalue weighted by atomic mass is 15.2. The standard InChI is InChI=1S/C18H26N2/c1-5-14-10-13(4)18-16(7-9-20(18)12(2)3)17(14)15-6-8-19-11-15/h5-6,10,12-13,18-19H,1,7-9,11H2,2-4H3. The minimum absolute atomic E-state index is 0.585. The topological polar surface area (TPSA) is 15.3 Å². The van der Waals surface area contributed by atoms with Gasteiger partial charge in [-0.25, -0.2) is 0 Å². The van der Waals surface area contributed by atoms with Crippen molar-refractivity contribution in [2.24, 2.45) is 5.92 Å². The Bertz CT molecular complexity index is 508. The van der Waals surface area contributed by atoms with E-state index in [-0.39, 0.29) is 0 Å². The predicted molar refractivity (Wildman–Crippen MR) is 85.7 cm³/mol. The first kappa shape index (κ1) is 13.8. The Balaban J connectivity index is 2.07. The highest BCUT2D eigenvalue weighted by Gasteiger charge is 2.39. The molecule has 2 heteroatoms. The summed E-state index contributed by atoms with van der Waals surface area (Å²) >= 11 is 0. The van der Waals surface area contributed by atoms with Crippen molar-refractivity contribution in [2.75, 3.05) is 19.6 Å². The summed E-state index contributed by atoms with van der Waals surface area (Å²) in [4.78, 5) is 2.67. The van der Waals surface area contributed by atoms with Crippen LogP contribution in [0.4, 0.5) is 0 Å². The maximum Gasteiger partial charge on any atom is 0.0380 e. The Morgan fingerprint density at radius 3 is 2.85 bits per heavy atom. The van der Waals surface area contributed by atoms with Gasteiger partial charge in [0.2, 0.25) is 0 Å². The van der Waals surface area contributed by atoms with Crippen LogP contribution in [0.1, 0.15) is 27.2 Å². The molecule has 0 spiro atoms. The monoisotopic (exact) mass is 270 g/mol. The number of nitrogens with one attached hydrogen (secondary N) is 1. The van der Waals surface area contributed by atoms with Gasteiger partial charge < -0.3 is 5.32 Å². The second-order valence-electron chi connectivity index (χ2n) is 6.47. The van der Waals surface area contributed by atoms with Crippen LogP contribution in [0.3, 0.4) is 0 Å². The zero-order valence-corrected chi connectivity index (χ0v) is 12.9. The third-order valence-electron chi connectivity index (χ3n) is 4.92. The summed E-state index contributed by atoms with van der Waals surface area (Å²) in [5, 5.41) is 3.44. The molecule has 0 aromatic rings. The van der Waals surface area contributed by atoms with E-state index in [1.54, 1.807) is 5.57 Å². The molecule has 0 aromatic heterocycles. The lowest BCUT2D eigenvalue weighted by atomic mass is 9.79. The van der Waals surface area contributed by atoms with Gasteiger partial charge in [0, 0.05) is 31.7 Å². The molecule has 2 aliphatic heterocycles. The largest absolute Gasteiger partial charge is 0.309 e. The van der Waals surface area contributed by atoms with Crippen molar-refractivity contribution in [3.63, 3.8) is 0 Å². The minimum atomic E-state index is 0.585. The average Bonchev–Trinajstić information content (AvgIpc) is 3.07. The molecule has 2 unspecified atom stereocenters. The van der Waals surface area contributed by atoms with E-state index in [0.29, 0.717) is 18.0 Å². The molecule has 2 heterocycles. The molecule has 3 aliphatic rings. The van der Waals surface area contributed by atoms with Gasteiger partial charge in [-0.3, -0.25) is 4.90 Å². The van der Waals surface area contributed by atoms with Gasteiger partial charge in [-0.05, 0) is 48.5 Å². The predicted octanol–water partition coefficient (Wildman–Crippen LogP) is 3.06. The fraction of sp³-hybridized carbons (Fsp3) is 0.556. The molecule has 0 aromatic carbocycles. The van der Waals surface area contributed by atoms with E-state index in [9.17, 15) is 0 Å². The van der Waals surface area contributed by atoms with Crippen molar-refractivity contribution in [1.82, 2.24) is 10.2 Å². The summed E-state index contributed by atoms with van der Waals surface area (Å²) in [7, 11) is 0. The van der Waals surface area contributed by atoms with Crippen molar-refractivity contribution < 1.29 is 0 Å². The van der Waals surface area contributed by atoms with Crippen LogP contribution in [-0.2, 0) is 0 Å². The zero-order chi connectivity index (χ0) is 14.3. The van der Waals surface area contributed by atoms with Gasteiger partial charge in [-0.15, -0.1) is 0 Å². The van der Waals surface area contributed by atoms with E-state index in [1.807, 2.05) is 6.08 Å². The quantitative estimate of drug-likeness (QED) is 0.848. The summed E-state index contributed by atoms with van der Waals surface area (Å²) in [6.07, 6.45) is 8.04. The smallest absolute Gasteiger partial charge is 0.0380 e. The lowest BCUT2D eigenvalue weighted by Crippen LogP contribution is -2.41. The molecular formula is C18H26N2. The van der Waals surface area contributed by atoms with Crippen LogP contribution in [0.15, 0.2) is 47.1 Å². The Kier molecular flexibility index (Phi) is 3.70. The maximum atomic E-state index is 4.05. The lowest BCUT2D eigenvalue weighted by molar-refractivity contribution is 0.188. The molecule has 0 saturated carbocycles. The molecule has 2 atom stereocenters. The first-order valence-electron chi connectivity index (χ1n) is 7.87. The van der Waals surface area contributed by atoms with Gasteiger partial charge in [0.15, 0.2) is 0 Å². The molecule has 3 rings (SSSR count). The lowest BCUT2D eigenvalue weighted by Gasteiger charge is -2.36. The summed E-state index contributed by atoms with van der Waals surface area (Å²) in [5.74, 6) is 0.585. The van der Waals surface area contributed by atoms with Gasteiger partial charge in [-0.2, -0.15) is 0 Å². The summed E-state index contributed by atoms with van der Waals surface area (Å²) < 4.78 is 0. The van der Waals surface area contributed by atoms with E-state index >= 15 is 0 Å². The van der Waals surface area contributed by atoms with Crippen LogP contribution < -0.4 is 5.32 Å². The van der Waals surface area contributed by atoms with Gasteiger partial charge in [0.05, 0.1) is 0 Å². The summed E-state index contributed by atoms with van der Waals surface area (Å²) in [5.41, 5.74) is 5.98. The molecule has 1 N–H and O–H groups in total. The van der Waals surface area contributed by atoms with Gasteiger partial charge >= 0.3 is 0 Å². The van der Waals surface area contributed by atoms with E-state index in [0.717, 1.165) is 13.1 Å². The third kappa shape index (κ3) is 2.11. The van der Waals surface area contributed by atoms with Crippen LogP contribution >= 0.6 is 0 Å².